The molecule has 1 aromatic carbocycles. The molecule has 1 N–H and O–H groups in total. The van der Waals surface area contributed by atoms with Crippen molar-refractivity contribution in [2.45, 2.75) is 13.5 Å². The van der Waals surface area contributed by atoms with Crippen molar-refractivity contribution in [3.05, 3.63) is 36.0 Å². The van der Waals surface area contributed by atoms with Gasteiger partial charge in [0.05, 0.1) is 26.8 Å². The predicted molar refractivity (Wildman–Crippen MR) is 84.7 cm³/mol. The summed E-state index contributed by atoms with van der Waals surface area (Å²) in [5.41, 5.74) is 1.22. The molecule has 24 heavy (non-hydrogen) atoms. The van der Waals surface area contributed by atoms with Gasteiger partial charge in [0, 0.05) is 11.3 Å². The van der Waals surface area contributed by atoms with Gasteiger partial charge >= 0.3 is 11.9 Å². The Morgan fingerprint density at radius 1 is 1.29 bits per heavy atom. The zero-order chi connectivity index (χ0) is 17.5. The van der Waals surface area contributed by atoms with Gasteiger partial charge in [-0.1, -0.05) is 12.1 Å². The zero-order valence-corrected chi connectivity index (χ0v) is 13.5. The second-order valence-electron chi connectivity index (χ2n) is 4.58. The van der Waals surface area contributed by atoms with Crippen molar-refractivity contribution in [3.63, 3.8) is 0 Å². The van der Waals surface area contributed by atoms with Crippen LogP contribution in [0.25, 0.3) is 11.4 Å². The molecule has 0 aliphatic rings. The molecule has 0 fully saturated rings. The standard InChI is InChI=1S/C15H17N5O4/c1-4-20-18-14(17-19-20)10-6-5-7-11(8-10)16-12(15(22)24-3)9-13(21)23-2/h5-9,16H,4H2,1-3H3/b12-9+. The quantitative estimate of drug-likeness (QED) is 0.617. The summed E-state index contributed by atoms with van der Waals surface area (Å²) in [6.45, 7) is 2.52. The molecule has 0 saturated carbocycles. The van der Waals surface area contributed by atoms with Crippen LogP contribution < -0.4 is 5.32 Å². The molecule has 1 aromatic heterocycles. The minimum atomic E-state index is -0.694. The Kier molecular flexibility index (Phi) is 5.61. The number of nitrogens with zero attached hydrogens (tertiary/aromatic N) is 4. The third kappa shape index (κ3) is 4.15. The van der Waals surface area contributed by atoms with Gasteiger partial charge in [0.1, 0.15) is 5.70 Å². The molecule has 0 amide bonds. The van der Waals surface area contributed by atoms with Crippen LogP contribution in [0.3, 0.4) is 0 Å². The van der Waals surface area contributed by atoms with Crippen molar-refractivity contribution < 1.29 is 19.1 Å². The molecule has 0 saturated heterocycles. The van der Waals surface area contributed by atoms with Crippen LogP contribution in [-0.2, 0) is 25.6 Å². The van der Waals surface area contributed by atoms with Gasteiger partial charge in [-0.05, 0) is 24.3 Å². The fourth-order valence-corrected chi connectivity index (χ4v) is 1.82. The highest BCUT2D eigenvalue weighted by Crippen LogP contribution is 2.20. The number of ether oxygens (including phenoxy) is 2. The Hall–Kier alpha value is -3.23. The van der Waals surface area contributed by atoms with Crippen molar-refractivity contribution in [2.75, 3.05) is 19.5 Å². The maximum atomic E-state index is 11.8. The van der Waals surface area contributed by atoms with E-state index in [-0.39, 0.29) is 5.70 Å². The van der Waals surface area contributed by atoms with E-state index in [1.165, 1.54) is 19.0 Å². The van der Waals surface area contributed by atoms with Crippen LogP contribution >= 0.6 is 0 Å². The van der Waals surface area contributed by atoms with Gasteiger partial charge in [0.2, 0.25) is 5.82 Å². The maximum Gasteiger partial charge on any atom is 0.354 e. The molecule has 9 heteroatoms. The summed E-state index contributed by atoms with van der Waals surface area (Å²) < 4.78 is 9.17. The number of nitrogens with one attached hydrogen (secondary N) is 1. The summed E-state index contributed by atoms with van der Waals surface area (Å²) in [4.78, 5) is 24.6. The molecule has 0 radical (unpaired) electrons. The van der Waals surface area contributed by atoms with Gasteiger partial charge in [-0.15, -0.1) is 10.2 Å². The number of hydrogen-bond acceptors (Lipinski definition) is 8. The first kappa shape index (κ1) is 17.1. The summed E-state index contributed by atoms with van der Waals surface area (Å²) in [6, 6.07) is 7.02. The number of anilines is 1. The number of carbonyl (C=O) groups is 2. The first-order valence-corrected chi connectivity index (χ1v) is 7.10. The van der Waals surface area contributed by atoms with E-state index in [0.29, 0.717) is 23.6 Å². The normalized spacial score (nSPS) is 11.0. The molecule has 9 nitrogen and oxygen atoms in total. The lowest BCUT2D eigenvalue weighted by Gasteiger charge is -2.09. The van der Waals surface area contributed by atoms with E-state index in [0.717, 1.165) is 6.08 Å². The van der Waals surface area contributed by atoms with Crippen molar-refractivity contribution in [1.29, 1.82) is 0 Å². The van der Waals surface area contributed by atoms with Crippen LogP contribution in [0.15, 0.2) is 36.0 Å². The van der Waals surface area contributed by atoms with E-state index in [4.69, 9.17) is 0 Å². The van der Waals surface area contributed by atoms with Crippen molar-refractivity contribution in [2.24, 2.45) is 0 Å². The highest BCUT2D eigenvalue weighted by atomic mass is 16.5. The van der Waals surface area contributed by atoms with Crippen LogP contribution in [0.4, 0.5) is 5.69 Å². The lowest BCUT2D eigenvalue weighted by Crippen LogP contribution is -2.15. The first-order valence-electron chi connectivity index (χ1n) is 7.10. The van der Waals surface area contributed by atoms with Crippen LogP contribution in [0, 0.1) is 0 Å². The fourth-order valence-electron chi connectivity index (χ4n) is 1.82. The second kappa shape index (κ2) is 7.86. The number of carbonyl (C=O) groups excluding carboxylic acids is 2. The van der Waals surface area contributed by atoms with Crippen molar-refractivity contribution in [3.8, 4) is 11.4 Å². The second-order valence-corrected chi connectivity index (χ2v) is 4.58. The average Bonchev–Trinajstić information content (AvgIpc) is 3.09. The number of aromatic nitrogens is 4. The van der Waals surface area contributed by atoms with Gasteiger partial charge < -0.3 is 14.8 Å². The molecule has 1 heterocycles. The van der Waals surface area contributed by atoms with Crippen LogP contribution in [0.2, 0.25) is 0 Å². The van der Waals surface area contributed by atoms with Crippen LogP contribution in [-0.4, -0.2) is 46.4 Å². The van der Waals surface area contributed by atoms with E-state index in [1.807, 2.05) is 13.0 Å². The predicted octanol–water partition coefficient (Wildman–Crippen LogP) is 1.00. The molecule has 0 aliphatic carbocycles. The lowest BCUT2D eigenvalue weighted by atomic mass is 10.2. The molecule has 0 bridgehead atoms. The molecule has 2 rings (SSSR count). The highest BCUT2D eigenvalue weighted by Gasteiger charge is 2.13. The van der Waals surface area contributed by atoms with E-state index >= 15 is 0 Å². The molecule has 2 aromatic rings. The smallest absolute Gasteiger partial charge is 0.354 e. The summed E-state index contributed by atoms with van der Waals surface area (Å²) in [6.07, 6.45) is 1.02. The lowest BCUT2D eigenvalue weighted by molar-refractivity contribution is -0.138. The average molecular weight is 331 g/mol. The SMILES string of the molecule is CCn1nnc(-c2cccc(N/C(=C/C(=O)OC)C(=O)OC)c2)n1. The van der Waals surface area contributed by atoms with E-state index < -0.39 is 11.9 Å². The molecular weight excluding hydrogens is 314 g/mol. The van der Waals surface area contributed by atoms with Crippen molar-refractivity contribution in [1.82, 2.24) is 20.2 Å². The third-order valence-corrected chi connectivity index (χ3v) is 3.00. The summed E-state index contributed by atoms with van der Waals surface area (Å²) in [5.74, 6) is -0.912. The Labute approximate surface area is 138 Å². The van der Waals surface area contributed by atoms with Gasteiger partial charge in [-0.3, -0.25) is 0 Å². The number of tetrazole rings is 1. The van der Waals surface area contributed by atoms with Gasteiger partial charge in [0.15, 0.2) is 0 Å². The molecule has 0 spiro atoms. The molecule has 0 aliphatic heterocycles. The first-order chi connectivity index (χ1) is 11.6. The third-order valence-electron chi connectivity index (χ3n) is 3.00. The fraction of sp³-hybridized carbons (Fsp3) is 0.267. The zero-order valence-electron chi connectivity index (χ0n) is 13.5. The topological polar surface area (TPSA) is 108 Å². The number of methoxy groups -OCH3 is 2. The summed E-state index contributed by atoms with van der Waals surface area (Å²) >= 11 is 0. The van der Waals surface area contributed by atoms with E-state index in [1.54, 1.807) is 18.2 Å². The Bertz CT molecular complexity index is 769. The number of rotatable bonds is 6. The van der Waals surface area contributed by atoms with Crippen molar-refractivity contribution >= 4 is 17.6 Å². The van der Waals surface area contributed by atoms with Gasteiger partial charge in [-0.25, -0.2) is 9.59 Å². The van der Waals surface area contributed by atoms with Crippen LogP contribution in [0.5, 0.6) is 0 Å². The van der Waals surface area contributed by atoms with Gasteiger partial charge in [-0.2, -0.15) is 4.80 Å². The number of esters is 2. The molecule has 126 valence electrons. The van der Waals surface area contributed by atoms with E-state index in [9.17, 15) is 9.59 Å². The largest absolute Gasteiger partial charge is 0.466 e. The maximum absolute atomic E-state index is 11.8. The number of hydrogen-bond donors (Lipinski definition) is 1. The Morgan fingerprint density at radius 2 is 2.08 bits per heavy atom. The summed E-state index contributed by atoms with van der Waals surface area (Å²) in [5, 5.41) is 14.9. The number of aryl methyl sites for hydroxylation is 1. The molecule has 0 atom stereocenters. The van der Waals surface area contributed by atoms with E-state index in [2.05, 4.69) is 30.2 Å². The minimum Gasteiger partial charge on any atom is -0.466 e. The Balaban J connectivity index is 2.28. The highest BCUT2D eigenvalue weighted by molar-refractivity contribution is 5.98. The number of benzene rings is 1. The van der Waals surface area contributed by atoms with Crippen LogP contribution in [0.1, 0.15) is 6.92 Å². The molecule has 0 unspecified atom stereocenters. The van der Waals surface area contributed by atoms with Gasteiger partial charge in [0.25, 0.3) is 0 Å². The monoisotopic (exact) mass is 331 g/mol. The Morgan fingerprint density at radius 3 is 2.71 bits per heavy atom. The minimum absolute atomic E-state index is 0.0494. The summed E-state index contributed by atoms with van der Waals surface area (Å²) in [7, 11) is 2.44. The molecular formula is C15H17N5O4.